The Kier molecular flexibility index (Phi) is 5.20. The zero-order valence-electron chi connectivity index (χ0n) is 18.7. The Morgan fingerprint density at radius 1 is 1.12 bits per heavy atom. The molecular weight excluding hydrogens is 402 g/mol. The van der Waals surface area contributed by atoms with Crippen LogP contribution >= 0.6 is 0 Å². The van der Waals surface area contributed by atoms with Gasteiger partial charge in [0.25, 0.3) is 5.91 Å². The van der Waals surface area contributed by atoms with Gasteiger partial charge in [0.05, 0.1) is 17.5 Å². The van der Waals surface area contributed by atoms with E-state index in [0.29, 0.717) is 11.3 Å². The van der Waals surface area contributed by atoms with Crippen molar-refractivity contribution in [2.75, 3.05) is 5.32 Å². The van der Waals surface area contributed by atoms with Gasteiger partial charge in [-0.1, -0.05) is 18.6 Å². The maximum atomic E-state index is 13.1. The molecule has 0 saturated carbocycles. The normalized spacial score (nSPS) is 13.9. The summed E-state index contributed by atoms with van der Waals surface area (Å²) >= 11 is 0. The minimum absolute atomic E-state index is 0.189. The van der Waals surface area contributed by atoms with Crippen molar-refractivity contribution in [3.05, 3.63) is 53.6 Å². The third-order valence-electron chi connectivity index (χ3n) is 5.98. The smallest absolute Gasteiger partial charge is 0.257 e. The Hall–Kier alpha value is -3.55. The van der Waals surface area contributed by atoms with Gasteiger partial charge in [-0.15, -0.1) is 10.2 Å². The van der Waals surface area contributed by atoms with Gasteiger partial charge in [-0.2, -0.15) is 5.10 Å². The molecule has 1 aliphatic heterocycles. The van der Waals surface area contributed by atoms with Gasteiger partial charge in [0.1, 0.15) is 5.82 Å². The SMILES string of the molecule is Cc1nc2c(cnn2C(C)C)cc1C(=O)Nc1cccc(-c2nnc3n2CCCCC3)c1. The third kappa shape index (κ3) is 3.66. The number of aromatic nitrogens is 6. The average molecular weight is 430 g/mol. The van der Waals surface area contributed by atoms with Crippen molar-refractivity contribution in [3.8, 4) is 11.4 Å². The maximum absolute atomic E-state index is 13.1. The summed E-state index contributed by atoms with van der Waals surface area (Å²) < 4.78 is 4.08. The summed E-state index contributed by atoms with van der Waals surface area (Å²) in [5.74, 6) is 1.72. The van der Waals surface area contributed by atoms with Crippen LogP contribution in [0, 0.1) is 6.92 Å². The second-order valence-corrected chi connectivity index (χ2v) is 8.65. The number of benzene rings is 1. The lowest BCUT2D eigenvalue weighted by molar-refractivity contribution is 0.102. The van der Waals surface area contributed by atoms with Crippen molar-refractivity contribution in [2.24, 2.45) is 0 Å². The number of nitrogens with zero attached hydrogens (tertiary/aromatic N) is 6. The first kappa shape index (κ1) is 20.4. The molecule has 0 unspecified atom stereocenters. The van der Waals surface area contributed by atoms with Gasteiger partial charge < -0.3 is 9.88 Å². The number of nitrogens with one attached hydrogen (secondary N) is 1. The second-order valence-electron chi connectivity index (χ2n) is 8.65. The summed E-state index contributed by atoms with van der Waals surface area (Å²) in [6, 6.07) is 9.86. The highest BCUT2D eigenvalue weighted by molar-refractivity contribution is 6.06. The van der Waals surface area contributed by atoms with Crippen LogP contribution in [0.15, 0.2) is 36.5 Å². The summed E-state index contributed by atoms with van der Waals surface area (Å²) in [6.07, 6.45) is 6.23. The molecule has 0 spiro atoms. The maximum Gasteiger partial charge on any atom is 0.257 e. The van der Waals surface area contributed by atoms with E-state index in [-0.39, 0.29) is 11.9 Å². The average Bonchev–Trinajstić information content (AvgIpc) is 3.30. The molecule has 4 heterocycles. The molecule has 8 nitrogen and oxygen atoms in total. The van der Waals surface area contributed by atoms with E-state index in [1.807, 2.05) is 41.9 Å². The largest absolute Gasteiger partial charge is 0.322 e. The fraction of sp³-hybridized carbons (Fsp3) is 0.375. The van der Waals surface area contributed by atoms with Crippen molar-refractivity contribution >= 4 is 22.6 Å². The lowest BCUT2D eigenvalue weighted by Gasteiger charge is -2.11. The molecule has 1 aliphatic rings. The Balaban J connectivity index is 1.42. The quantitative estimate of drug-likeness (QED) is 0.514. The van der Waals surface area contributed by atoms with E-state index in [0.717, 1.165) is 59.7 Å². The lowest BCUT2D eigenvalue weighted by Crippen LogP contribution is -2.15. The molecule has 0 aliphatic carbocycles. The van der Waals surface area contributed by atoms with E-state index in [1.165, 1.54) is 6.42 Å². The number of hydrogen-bond acceptors (Lipinski definition) is 5. The number of carbonyl (C=O) groups is 1. The molecule has 4 aromatic rings. The van der Waals surface area contributed by atoms with Gasteiger partial charge in [-0.05, 0) is 51.8 Å². The van der Waals surface area contributed by atoms with Crippen LogP contribution < -0.4 is 5.32 Å². The standard InChI is InChI=1S/C24H27N7O/c1-15(2)31-22-18(14-25-31)13-20(16(3)26-22)24(32)27-19-9-7-8-17(12-19)23-29-28-21-10-5-4-6-11-30(21)23/h7-9,12-15H,4-6,10-11H2,1-3H3,(H,27,32). The van der Waals surface area contributed by atoms with E-state index in [1.54, 1.807) is 6.20 Å². The van der Waals surface area contributed by atoms with E-state index in [9.17, 15) is 4.79 Å². The van der Waals surface area contributed by atoms with Crippen LogP contribution in [0.4, 0.5) is 5.69 Å². The van der Waals surface area contributed by atoms with Crippen molar-refractivity contribution in [2.45, 2.75) is 59.0 Å². The summed E-state index contributed by atoms with van der Waals surface area (Å²) in [5.41, 5.74) is 3.69. The number of rotatable bonds is 4. The molecule has 0 saturated heterocycles. The van der Waals surface area contributed by atoms with Gasteiger partial charge in [0.15, 0.2) is 11.5 Å². The van der Waals surface area contributed by atoms with Crippen molar-refractivity contribution in [1.82, 2.24) is 29.5 Å². The predicted octanol–water partition coefficient (Wildman–Crippen LogP) is 4.56. The number of aryl methyl sites for hydroxylation is 2. The molecule has 1 aromatic carbocycles. The topological polar surface area (TPSA) is 90.5 Å². The molecule has 0 radical (unpaired) electrons. The number of fused-ring (bicyclic) bond motifs is 2. The summed E-state index contributed by atoms with van der Waals surface area (Å²) in [7, 11) is 0. The van der Waals surface area contributed by atoms with Gasteiger partial charge in [-0.3, -0.25) is 4.79 Å². The number of pyridine rings is 1. The van der Waals surface area contributed by atoms with E-state index >= 15 is 0 Å². The van der Waals surface area contributed by atoms with E-state index in [4.69, 9.17) is 0 Å². The van der Waals surface area contributed by atoms with Crippen LogP contribution in [0.3, 0.4) is 0 Å². The summed E-state index contributed by atoms with van der Waals surface area (Å²) in [6.45, 7) is 6.91. The highest BCUT2D eigenvalue weighted by Gasteiger charge is 2.18. The first-order valence-corrected chi connectivity index (χ1v) is 11.2. The number of anilines is 1. The Morgan fingerprint density at radius 2 is 2.00 bits per heavy atom. The molecule has 8 heteroatoms. The molecular formula is C24H27N7O. The van der Waals surface area contributed by atoms with Crippen LogP contribution in [-0.2, 0) is 13.0 Å². The van der Waals surface area contributed by atoms with Crippen LogP contribution in [-0.4, -0.2) is 35.4 Å². The minimum Gasteiger partial charge on any atom is -0.322 e. The zero-order chi connectivity index (χ0) is 22.2. The first-order valence-electron chi connectivity index (χ1n) is 11.2. The monoisotopic (exact) mass is 429 g/mol. The molecule has 0 atom stereocenters. The highest BCUT2D eigenvalue weighted by Crippen LogP contribution is 2.26. The van der Waals surface area contributed by atoms with Crippen molar-refractivity contribution in [3.63, 3.8) is 0 Å². The first-order chi connectivity index (χ1) is 15.5. The molecule has 0 fully saturated rings. The van der Waals surface area contributed by atoms with Crippen LogP contribution in [0.1, 0.15) is 61.0 Å². The fourth-order valence-electron chi connectivity index (χ4n) is 4.31. The highest BCUT2D eigenvalue weighted by atomic mass is 16.1. The Bertz CT molecular complexity index is 1300. The summed E-state index contributed by atoms with van der Waals surface area (Å²) in [5, 5.41) is 17.1. The van der Waals surface area contributed by atoms with E-state index in [2.05, 4.69) is 44.0 Å². The van der Waals surface area contributed by atoms with Crippen molar-refractivity contribution < 1.29 is 4.79 Å². The van der Waals surface area contributed by atoms with Crippen LogP contribution in [0.5, 0.6) is 0 Å². The van der Waals surface area contributed by atoms with Crippen LogP contribution in [0.25, 0.3) is 22.4 Å². The van der Waals surface area contributed by atoms with Gasteiger partial charge in [0.2, 0.25) is 0 Å². The zero-order valence-corrected chi connectivity index (χ0v) is 18.7. The summed E-state index contributed by atoms with van der Waals surface area (Å²) in [4.78, 5) is 17.7. The van der Waals surface area contributed by atoms with Crippen LogP contribution in [0.2, 0.25) is 0 Å². The van der Waals surface area contributed by atoms with Gasteiger partial charge in [0, 0.05) is 35.6 Å². The molecule has 0 bridgehead atoms. The van der Waals surface area contributed by atoms with Gasteiger partial charge >= 0.3 is 0 Å². The van der Waals surface area contributed by atoms with Gasteiger partial charge in [-0.25, -0.2) is 9.67 Å². The minimum atomic E-state index is -0.189. The Labute approximate surface area is 186 Å². The molecule has 3 aromatic heterocycles. The number of amides is 1. The van der Waals surface area contributed by atoms with Crippen molar-refractivity contribution in [1.29, 1.82) is 0 Å². The number of hydrogen-bond donors (Lipinski definition) is 1. The lowest BCUT2D eigenvalue weighted by atomic mass is 10.1. The number of carbonyl (C=O) groups excluding carboxylic acids is 1. The molecule has 5 rings (SSSR count). The molecule has 1 N–H and O–H groups in total. The van der Waals surface area contributed by atoms with E-state index < -0.39 is 0 Å². The second kappa shape index (κ2) is 8.18. The third-order valence-corrected chi connectivity index (χ3v) is 5.98. The Morgan fingerprint density at radius 3 is 2.84 bits per heavy atom. The molecule has 32 heavy (non-hydrogen) atoms. The fourth-order valence-corrected chi connectivity index (χ4v) is 4.31. The molecule has 164 valence electrons. The predicted molar refractivity (Wildman–Crippen MR) is 124 cm³/mol. The molecule has 1 amide bonds.